The van der Waals surface area contributed by atoms with Gasteiger partial charge >= 0.3 is 0 Å². The Morgan fingerprint density at radius 1 is 1.53 bits per heavy atom. The molecule has 0 heterocycles. The number of amides is 1. The van der Waals surface area contributed by atoms with E-state index in [0.29, 0.717) is 0 Å². The number of benzene rings is 1. The number of aliphatic hydroxyl groups excluding tert-OH is 1. The Morgan fingerprint density at radius 2 is 2.20 bits per heavy atom. The van der Waals surface area contributed by atoms with E-state index >= 15 is 0 Å². The van der Waals surface area contributed by atoms with E-state index in [2.05, 4.69) is 5.32 Å². The molecule has 1 unspecified atom stereocenters. The zero-order valence-electron chi connectivity index (χ0n) is 8.13. The lowest BCUT2D eigenvalue weighted by molar-refractivity contribution is 0.0917. The molecule has 1 atom stereocenters. The minimum absolute atomic E-state index is 0.261. The third-order valence-electron chi connectivity index (χ3n) is 1.85. The maximum Gasteiger partial charge on any atom is 0.254 e. The second-order valence-corrected chi connectivity index (χ2v) is 3.16. The van der Waals surface area contributed by atoms with E-state index in [1.807, 2.05) is 0 Å². The maximum absolute atomic E-state index is 13.1. The van der Waals surface area contributed by atoms with Crippen molar-refractivity contribution in [2.24, 2.45) is 0 Å². The van der Waals surface area contributed by atoms with Gasteiger partial charge in [0.1, 0.15) is 0 Å². The molecule has 1 aromatic carbocycles. The van der Waals surface area contributed by atoms with Crippen LogP contribution in [-0.4, -0.2) is 23.7 Å². The summed E-state index contributed by atoms with van der Waals surface area (Å²) in [6, 6.07) is 2.86. The average molecular weight is 215 g/mol. The van der Waals surface area contributed by atoms with Crippen LogP contribution in [0.4, 0.5) is 8.78 Å². The fraction of sp³-hybridized carbons (Fsp3) is 0.300. The summed E-state index contributed by atoms with van der Waals surface area (Å²) in [5.41, 5.74) is -0.365. The average Bonchev–Trinajstić information content (AvgIpc) is 2.21. The van der Waals surface area contributed by atoms with E-state index in [1.165, 1.54) is 12.1 Å². The summed E-state index contributed by atoms with van der Waals surface area (Å²) in [7, 11) is 0. The molecule has 0 aliphatic rings. The van der Waals surface area contributed by atoms with Crippen LogP contribution in [-0.2, 0) is 0 Å². The van der Waals surface area contributed by atoms with Crippen LogP contribution in [0, 0.1) is 11.6 Å². The molecule has 5 heteroatoms. The highest BCUT2D eigenvalue weighted by atomic mass is 19.2. The van der Waals surface area contributed by atoms with Crippen LogP contribution in [0.25, 0.3) is 0 Å². The second kappa shape index (κ2) is 4.84. The van der Waals surface area contributed by atoms with Crippen LogP contribution in [0.3, 0.4) is 0 Å². The van der Waals surface area contributed by atoms with Crippen molar-refractivity contribution in [3.05, 3.63) is 35.4 Å². The van der Waals surface area contributed by atoms with Gasteiger partial charge < -0.3 is 10.4 Å². The molecule has 0 radical (unpaired) electrons. The molecular formula is C10H11F2NO2. The predicted octanol–water partition coefficient (Wildman–Crippen LogP) is 1.08. The summed E-state index contributed by atoms with van der Waals surface area (Å²) in [6.07, 6.45) is 0. The lowest BCUT2D eigenvalue weighted by Crippen LogP contribution is -2.35. The van der Waals surface area contributed by atoms with Crippen molar-refractivity contribution in [1.82, 2.24) is 5.32 Å². The third-order valence-corrected chi connectivity index (χ3v) is 1.85. The van der Waals surface area contributed by atoms with Crippen molar-refractivity contribution in [2.75, 3.05) is 6.61 Å². The van der Waals surface area contributed by atoms with Gasteiger partial charge in [0.15, 0.2) is 11.6 Å². The van der Waals surface area contributed by atoms with Gasteiger partial charge in [-0.3, -0.25) is 4.79 Å². The molecule has 0 fully saturated rings. The molecule has 0 bridgehead atoms. The summed E-state index contributed by atoms with van der Waals surface area (Å²) in [4.78, 5) is 11.4. The first-order chi connectivity index (χ1) is 7.06. The van der Waals surface area contributed by atoms with Crippen LogP contribution in [0.15, 0.2) is 18.2 Å². The van der Waals surface area contributed by atoms with Crippen LogP contribution in [0.5, 0.6) is 0 Å². The Balaban J connectivity index is 2.87. The molecule has 2 N–H and O–H groups in total. The molecule has 15 heavy (non-hydrogen) atoms. The summed E-state index contributed by atoms with van der Waals surface area (Å²) >= 11 is 0. The summed E-state index contributed by atoms with van der Waals surface area (Å²) in [5, 5.41) is 11.0. The second-order valence-electron chi connectivity index (χ2n) is 3.16. The minimum atomic E-state index is -1.18. The van der Waals surface area contributed by atoms with Crippen LogP contribution < -0.4 is 5.32 Å². The molecular weight excluding hydrogens is 204 g/mol. The van der Waals surface area contributed by atoms with Gasteiger partial charge in [0.2, 0.25) is 0 Å². The molecule has 1 aromatic rings. The Bertz CT molecular complexity index is 368. The number of nitrogens with one attached hydrogen (secondary N) is 1. The molecule has 0 aliphatic carbocycles. The van der Waals surface area contributed by atoms with Crippen LogP contribution in [0.2, 0.25) is 0 Å². The summed E-state index contributed by atoms with van der Waals surface area (Å²) in [6.45, 7) is 1.29. The van der Waals surface area contributed by atoms with Gasteiger partial charge in [-0.05, 0) is 19.1 Å². The van der Waals surface area contributed by atoms with Gasteiger partial charge in [0, 0.05) is 6.04 Å². The lowest BCUT2D eigenvalue weighted by Gasteiger charge is -2.11. The van der Waals surface area contributed by atoms with Gasteiger partial charge in [0.05, 0.1) is 12.2 Å². The molecule has 0 saturated carbocycles. The lowest BCUT2D eigenvalue weighted by atomic mass is 10.2. The molecule has 1 rings (SSSR count). The van der Waals surface area contributed by atoms with Crippen molar-refractivity contribution >= 4 is 5.91 Å². The van der Waals surface area contributed by atoms with Crippen molar-refractivity contribution in [2.45, 2.75) is 13.0 Å². The van der Waals surface area contributed by atoms with Gasteiger partial charge in [-0.25, -0.2) is 8.78 Å². The van der Waals surface area contributed by atoms with E-state index in [4.69, 9.17) is 5.11 Å². The smallest absolute Gasteiger partial charge is 0.254 e. The number of carbonyl (C=O) groups excluding carboxylic acids is 1. The zero-order valence-corrected chi connectivity index (χ0v) is 8.13. The fourth-order valence-electron chi connectivity index (χ4n) is 1.03. The predicted molar refractivity (Wildman–Crippen MR) is 50.4 cm³/mol. The molecule has 0 aliphatic heterocycles. The van der Waals surface area contributed by atoms with Crippen molar-refractivity contribution in [1.29, 1.82) is 0 Å². The van der Waals surface area contributed by atoms with E-state index in [-0.39, 0.29) is 12.2 Å². The quantitative estimate of drug-likeness (QED) is 0.792. The number of halogens is 2. The summed E-state index contributed by atoms with van der Waals surface area (Å²) in [5.74, 6) is -2.99. The van der Waals surface area contributed by atoms with Gasteiger partial charge in [0.25, 0.3) is 5.91 Å². The van der Waals surface area contributed by atoms with Crippen molar-refractivity contribution < 1.29 is 18.7 Å². The zero-order chi connectivity index (χ0) is 11.4. The highest BCUT2D eigenvalue weighted by Gasteiger charge is 2.16. The number of carbonyl (C=O) groups is 1. The minimum Gasteiger partial charge on any atom is -0.394 e. The molecule has 0 aromatic heterocycles. The topological polar surface area (TPSA) is 49.3 Å². The van der Waals surface area contributed by atoms with Crippen LogP contribution in [0.1, 0.15) is 17.3 Å². The number of aliphatic hydroxyl groups is 1. The first-order valence-electron chi connectivity index (χ1n) is 4.42. The maximum atomic E-state index is 13.1. The molecule has 0 spiro atoms. The van der Waals surface area contributed by atoms with Gasteiger partial charge in [-0.1, -0.05) is 6.07 Å². The van der Waals surface area contributed by atoms with E-state index < -0.39 is 23.6 Å². The molecule has 1 amide bonds. The number of hydrogen-bond donors (Lipinski definition) is 2. The molecule has 0 saturated heterocycles. The number of hydrogen-bond acceptors (Lipinski definition) is 2. The highest BCUT2D eigenvalue weighted by molar-refractivity contribution is 5.94. The van der Waals surface area contributed by atoms with Crippen molar-refractivity contribution in [3.8, 4) is 0 Å². The SMILES string of the molecule is CC(CO)NC(=O)c1cccc(F)c1F. The monoisotopic (exact) mass is 215 g/mol. The first kappa shape index (κ1) is 11.6. The van der Waals surface area contributed by atoms with E-state index in [1.54, 1.807) is 6.92 Å². The summed E-state index contributed by atoms with van der Waals surface area (Å²) < 4.78 is 25.9. The number of rotatable bonds is 3. The Morgan fingerprint density at radius 3 is 2.80 bits per heavy atom. The molecule has 3 nitrogen and oxygen atoms in total. The Kier molecular flexibility index (Phi) is 3.74. The molecule has 82 valence electrons. The standard InChI is InChI=1S/C10H11F2NO2/c1-6(5-14)13-10(15)7-3-2-4-8(11)9(7)12/h2-4,6,14H,5H2,1H3,(H,13,15). The van der Waals surface area contributed by atoms with Crippen molar-refractivity contribution in [3.63, 3.8) is 0 Å². The Hall–Kier alpha value is -1.49. The van der Waals surface area contributed by atoms with Crippen LogP contribution >= 0.6 is 0 Å². The fourth-order valence-corrected chi connectivity index (χ4v) is 1.03. The Labute approximate surface area is 85.7 Å². The van der Waals surface area contributed by atoms with E-state index in [9.17, 15) is 13.6 Å². The van der Waals surface area contributed by atoms with Gasteiger partial charge in [-0.15, -0.1) is 0 Å². The first-order valence-corrected chi connectivity index (χ1v) is 4.42. The normalized spacial score (nSPS) is 12.3. The largest absolute Gasteiger partial charge is 0.394 e. The van der Waals surface area contributed by atoms with Gasteiger partial charge in [-0.2, -0.15) is 0 Å². The third kappa shape index (κ3) is 2.73. The van der Waals surface area contributed by atoms with E-state index in [0.717, 1.165) is 6.07 Å². The highest BCUT2D eigenvalue weighted by Crippen LogP contribution is 2.11.